The number of nitro benzene ring substituents is 1. The van der Waals surface area contributed by atoms with E-state index in [1.807, 2.05) is 0 Å². The van der Waals surface area contributed by atoms with Crippen molar-refractivity contribution < 1.29 is 52.5 Å². The molecule has 1 aromatic rings. The Morgan fingerprint density at radius 1 is 0.848 bits per heavy atom. The average Bonchev–Trinajstić information content (AvgIpc) is 2.70. The van der Waals surface area contributed by atoms with E-state index in [-0.39, 0.29) is 11.4 Å². The molecule has 0 aromatic heterocycles. The normalized spacial score (nSPS) is 24.2. The highest BCUT2D eigenvalue weighted by atomic mass is 16.7. The molecule has 0 bridgehead atoms. The molecule has 5 atom stereocenters. The van der Waals surface area contributed by atoms with Gasteiger partial charge in [-0.25, -0.2) is 0 Å². The van der Waals surface area contributed by atoms with Gasteiger partial charge in [0.05, 0.1) is 4.92 Å². The second-order valence-electron chi connectivity index (χ2n) is 6.94. The number of non-ortho nitro benzene ring substituents is 1. The van der Waals surface area contributed by atoms with Crippen LogP contribution in [0.2, 0.25) is 0 Å². The number of ether oxygens (including phenoxy) is 6. The SMILES string of the molecule is CC(=O)OCC1OC(Oc2ccc([N+](=O)[O-])cc2)C(OC(C)=O)C(OC(C)=O)C1OC(C)=O. The van der Waals surface area contributed by atoms with Crippen LogP contribution < -0.4 is 4.74 Å². The van der Waals surface area contributed by atoms with Crippen molar-refractivity contribution in [1.82, 2.24) is 0 Å². The standard InChI is InChI=1S/C20H23NO12/c1-10(22)28-9-16-17(29-11(2)23)18(30-12(3)24)19(31-13(4)25)20(33-16)32-15-7-5-14(6-8-15)21(26)27/h5-8,16-20H,9H2,1-4H3. The molecule has 1 saturated heterocycles. The molecule has 13 nitrogen and oxygen atoms in total. The van der Waals surface area contributed by atoms with E-state index < -0.39 is 66.1 Å². The van der Waals surface area contributed by atoms with Crippen LogP contribution >= 0.6 is 0 Å². The van der Waals surface area contributed by atoms with Gasteiger partial charge in [-0.05, 0) is 12.1 Å². The number of carbonyl (C=O) groups is 4. The average molecular weight is 469 g/mol. The van der Waals surface area contributed by atoms with Gasteiger partial charge in [0.1, 0.15) is 18.5 Å². The zero-order valence-electron chi connectivity index (χ0n) is 18.2. The first kappa shape index (κ1) is 25.5. The molecular formula is C20H23NO12. The highest BCUT2D eigenvalue weighted by Gasteiger charge is 2.53. The fraction of sp³-hybridized carbons (Fsp3) is 0.500. The second-order valence-corrected chi connectivity index (χ2v) is 6.94. The first-order chi connectivity index (χ1) is 15.5. The van der Waals surface area contributed by atoms with Crippen molar-refractivity contribution in [3.8, 4) is 5.75 Å². The zero-order chi connectivity index (χ0) is 24.7. The van der Waals surface area contributed by atoms with Gasteiger partial charge < -0.3 is 28.4 Å². The zero-order valence-corrected chi connectivity index (χ0v) is 18.2. The lowest BCUT2D eigenvalue weighted by Crippen LogP contribution is -2.63. The van der Waals surface area contributed by atoms with Crippen molar-refractivity contribution in [1.29, 1.82) is 0 Å². The van der Waals surface area contributed by atoms with Crippen molar-refractivity contribution in [2.75, 3.05) is 6.61 Å². The highest BCUT2D eigenvalue weighted by Crippen LogP contribution is 2.31. The molecule has 1 aliphatic rings. The van der Waals surface area contributed by atoms with Crippen molar-refractivity contribution in [2.24, 2.45) is 0 Å². The number of rotatable bonds is 8. The topological polar surface area (TPSA) is 167 Å². The summed E-state index contributed by atoms with van der Waals surface area (Å²) in [5.74, 6) is -2.87. The molecule has 0 radical (unpaired) electrons. The van der Waals surface area contributed by atoms with Crippen LogP contribution in [0, 0.1) is 10.1 Å². The number of benzene rings is 1. The van der Waals surface area contributed by atoms with Gasteiger partial charge in [-0.1, -0.05) is 0 Å². The van der Waals surface area contributed by atoms with Gasteiger partial charge in [-0.3, -0.25) is 29.3 Å². The van der Waals surface area contributed by atoms with Crippen molar-refractivity contribution >= 4 is 29.6 Å². The van der Waals surface area contributed by atoms with Crippen LogP contribution in [0.5, 0.6) is 5.75 Å². The summed E-state index contributed by atoms with van der Waals surface area (Å²) in [7, 11) is 0. The lowest BCUT2D eigenvalue weighted by Gasteiger charge is -2.43. The van der Waals surface area contributed by atoms with Crippen LogP contribution in [-0.2, 0) is 42.9 Å². The largest absolute Gasteiger partial charge is 0.463 e. The molecule has 13 heteroatoms. The van der Waals surface area contributed by atoms with E-state index in [1.165, 1.54) is 24.3 Å². The molecule has 1 fully saturated rings. The molecule has 1 heterocycles. The predicted octanol–water partition coefficient (Wildman–Crippen LogP) is 1.06. The number of hydrogen-bond donors (Lipinski definition) is 0. The van der Waals surface area contributed by atoms with Crippen LogP contribution in [0.3, 0.4) is 0 Å². The van der Waals surface area contributed by atoms with Gasteiger partial charge in [-0.15, -0.1) is 0 Å². The van der Waals surface area contributed by atoms with Gasteiger partial charge in [0.25, 0.3) is 5.69 Å². The quantitative estimate of drug-likeness (QED) is 0.230. The molecule has 0 spiro atoms. The first-order valence-corrected chi connectivity index (χ1v) is 9.69. The summed E-state index contributed by atoms with van der Waals surface area (Å²) < 4.78 is 32.3. The van der Waals surface area contributed by atoms with Crippen LogP contribution in [-0.4, -0.2) is 66.1 Å². The van der Waals surface area contributed by atoms with E-state index in [2.05, 4.69) is 0 Å². The number of carbonyl (C=O) groups excluding carboxylic acids is 4. The molecule has 1 aromatic carbocycles. The van der Waals surface area contributed by atoms with Gasteiger partial charge in [0.15, 0.2) is 12.2 Å². The van der Waals surface area contributed by atoms with Gasteiger partial charge in [0, 0.05) is 39.8 Å². The van der Waals surface area contributed by atoms with E-state index in [4.69, 9.17) is 28.4 Å². The molecule has 0 aliphatic carbocycles. The number of nitro groups is 1. The Balaban J connectivity index is 2.43. The Morgan fingerprint density at radius 3 is 1.85 bits per heavy atom. The second kappa shape index (κ2) is 11.2. The molecular weight excluding hydrogens is 446 g/mol. The van der Waals surface area contributed by atoms with E-state index in [1.54, 1.807) is 0 Å². The Labute approximate surface area is 188 Å². The van der Waals surface area contributed by atoms with Crippen molar-refractivity contribution in [3.63, 3.8) is 0 Å². The van der Waals surface area contributed by atoms with Crippen LogP contribution in [0.25, 0.3) is 0 Å². The minimum absolute atomic E-state index is 0.0986. The fourth-order valence-corrected chi connectivity index (χ4v) is 3.06. The molecule has 1 aliphatic heterocycles. The minimum atomic E-state index is -1.42. The smallest absolute Gasteiger partial charge is 0.303 e. The number of nitrogens with zero attached hydrogens (tertiary/aromatic N) is 1. The van der Waals surface area contributed by atoms with Crippen LogP contribution in [0.4, 0.5) is 5.69 Å². The van der Waals surface area contributed by atoms with Crippen molar-refractivity contribution in [3.05, 3.63) is 34.4 Å². The number of hydrogen-bond acceptors (Lipinski definition) is 12. The predicted molar refractivity (Wildman–Crippen MR) is 106 cm³/mol. The van der Waals surface area contributed by atoms with E-state index in [9.17, 15) is 29.3 Å². The third-order valence-corrected chi connectivity index (χ3v) is 4.25. The Morgan fingerprint density at radius 2 is 1.36 bits per heavy atom. The van der Waals surface area contributed by atoms with Gasteiger partial charge in [-0.2, -0.15) is 0 Å². The lowest BCUT2D eigenvalue weighted by molar-refractivity contribution is -0.384. The third-order valence-electron chi connectivity index (χ3n) is 4.25. The molecule has 180 valence electrons. The maximum Gasteiger partial charge on any atom is 0.303 e. The van der Waals surface area contributed by atoms with E-state index in [0.29, 0.717) is 0 Å². The molecule has 0 amide bonds. The maximum atomic E-state index is 11.8. The summed E-state index contributed by atoms with van der Waals surface area (Å²) in [6.45, 7) is 4.05. The summed E-state index contributed by atoms with van der Waals surface area (Å²) in [5, 5.41) is 10.9. The lowest BCUT2D eigenvalue weighted by atomic mass is 9.98. The Hall–Kier alpha value is -3.74. The monoisotopic (exact) mass is 469 g/mol. The molecule has 5 unspecified atom stereocenters. The summed E-state index contributed by atoms with van der Waals surface area (Å²) in [5.41, 5.74) is -0.191. The highest BCUT2D eigenvalue weighted by molar-refractivity contribution is 5.68. The molecule has 0 N–H and O–H groups in total. The molecule has 33 heavy (non-hydrogen) atoms. The first-order valence-electron chi connectivity index (χ1n) is 9.69. The summed E-state index contributed by atoms with van der Waals surface area (Å²) in [4.78, 5) is 56.8. The van der Waals surface area contributed by atoms with Gasteiger partial charge in [0.2, 0.25) is 12.4 Å². The minimum Gasteiger partial charge on any atom is -0.463 e. The van der Waals surface area contributed by atoms with Crippen LogP contribution in [0.1, 0.15) is 27.7 Å². The van der Waals surface area contributed by atoms with Crippen LogP contribution in [0.15, 0.2) is 24.3 Å². The van der Waals surface area contributed by atoms with E-state index in [0.717, 1.165) is 27.7 Å². The Kier molecular flexibility index (Phi) is 8.68. The summed E-state index contributed by atoms with van der Waals surface area (Å²) in [6.07, 6.45) is -6.69. The molecule has 2 rings (SSSR count). The fourth-order valence-electron chi connectivity index (χ4n) is 3.06. The molecule has 0 saturated carbocycles. The Bertz CT molecular complexity index is 899. The van der Waals surface area contributed by atoms with Crippen molar-refractivity contribution in [2.45, 2.75) is 58.4 Å². The van der Waals surface area contributed by atoms with Gasteiger partial charge >= 0.3 is 23.9 Å². The number of esters is 4. The third kappa shape index (κ3) is 7.42. The maximum absolute atomic E-state index is 11.8. The summed E-state index contributed by atoms with van der Waals surface area (Å²) >= 11 is 0. The van der Waals surface area contributed by atoms with E-state index >= 15 is 0 Å². The summed E-state index contributed by atoms with van der Waals surface area (Å²) in [6, 6.07) is 4.93.